The Kier molecular flexibility index (Phi) is 4.83. The predicted octanol–water partition coefficient (Wildman–Crippen LogP) is 0.747. The number of benzene rings is 1. The molecule has 130 valence electrons. The van der Waals surface area contributed by atoms with Crippen molar-refractivity contribution in [1.29, 1.82) is 0 Å². The highest BCUT2D eigenvalue weighted by Gasteiger charge is 2.38. The van der Waals surface area contributed by atoms with Gasteiger partial charge < -0.3 is 15.2 Å². The molecule has 0 fully saturated rings. The zero-order valence-corrected chi connectivity index (χ0v) is 14.3. The van der Waals surface area contributed by atoms with Gasteiger partial charge in [0.1, 0.15) is 11.8 Å². The van der Waals surface area contributed by atoms with E-state index < -0.39 is 34.4 Å². The number of methoxy groups -OCH3 is 1. The molecule has 1 aliphatic heterocycles. The van der Waals surface area contributed by atoms with E-state index in [-0.39, 0.29) is 4.90 Å². The van der Waals surface area contributed by atoms with Crippen LogP contribution in [0.15, 0.2) is 29.4 Å². The lowest BCUT2D eigenvalue weighted by atomic mass is 10.1. The Labute approximate surface area is 139 Å². The third-order valence-electron chi connectivity index (χ3n) is 3.63. The lowest BCUT2D eigenvalue weighted by Crippen LogP contribution is -2.50. The first-order valence-corrected chi connectivity index (χ1v) is 8.50. The van der Waals surface area contributed by atoms with Crippen LogP contribution in [-0.2, 0) is 19.6 Å². The van der Waals surface area contributed by atoms with Gasteiger partial charge in [0.15, 0.2) is 0 Å². The van der Waals surface area contributed by atoms with Crippen LogP contribution in [0.1, 0.15) is 17.5 Å². The van der Waals surface area contributed by atoms with Crippen LogP contribution in [0.5, 0.6) is 5.75 Å². The van der Waals surface area contributed by atoms with Gasteiger partial charge in [-0.25, -0.2) is 8.42 Å². The van der Waals surface area contributed by atoms with E-state index >= 15 is 0 Å². The van der Waals surface area contributed by atoms with Crippen molar-refractivity contribution in [2.75, 3.05) is 7.11 Å². The van der Waals surface area contributed by atoms with Crippen LogP contribution in [0, 0.1) is 13.8 Å². The molecule has 1 heterocycles. The fourth-order valence-corrected chi connectivity index (χ4v) is 4.51. The lowest BCUT2D eigenvalue weighted by molar-refractivity contribution is -0.140. The largest absolute Gasteiger partial charge is 0.497 e. The van der Waals surface area contributed by atoms with Crippen molar-refractivity contribution in [3.05, 3.63) is 35.7 Å². The number of ether oxygens (including phenoxy) is 1. The van der Waals surface area contributed by atoms with Crippen molar-refractivity contribution in [3.63, 3.8) is 0 Å². The summed E-state index contributed by atoms with van der Waals surface area (Å²) in [5.74, 6) is -1.45. The van der Waals surface area contributed by atoms with Crippen molar-refractivity contribution in [2.24, 2.45) is 0 Å². The molecule has 0 saturated heterocycles. The minimum absolute atomic E-state index is 0.0260. The van der Waals surface area contributed by atoms with Gasteiger partial charge in [0.2, 0.25) is 5.91 Å². The maximum Gasteiger partial charge on any atom is 0.306 e. The van der Waals surface area contributed by atoms with E-state index in [9.17, 15) is 18.0 Å². The number of hydrogen-bond donors (Lipinski definition) is 2. The molecule has 0 saturated carbocycles. The number of nitrogens with one attached hydrogen (secondary N) is 1. The third-order valence-corrected chi connectivity index (χ3v) is 5.72. The molecule has 2 rings (SSSR count). The van der Waals surface area contributed by atoms with Crippen LogP contribution >= 0.6 is 0 Å². The standard InChI is InChI=1S/C15H18N2O6S/c1-9-6-11(23-3)7-10(2)14(9)24(21,22)17-5-4-16-15(20)12(17)8-13(18)19/h4-7,12H,8H2,1-3H3,(H,16,20)(H,18,19)/t12-/m1/s1. The van der Waals surface area contributed by atoms with Gasteiger partial charge in [-0.1, -0.05) is 0 Å². The number of carbonyl (C=O) groups excluding carboxylic acids is 1. The molecule has 0 unspecified atom stereocenters. The Morgan fingerprint density at radius 3 is 2.42 bits per heavy atom. The smallest absolute Gasteiger partial charge is 0.306 e. The van der Waals surface area contributed by atoms with Crippen LogP contribution in [0.25, 0.3) is 0 Å². The molecule has 2 N–H and O–H groups in total. The van der Waals surface area contributed by atoms with Crippen molar-refractivity contribution in [3.8, 4) is 5.75 Å². The average Bonchev–Trinajstić information content (AvgIpc) is 2.47. The average molecular weight is 354 g/mol. The summed E-state index contributed by atoms with van der Waals surface area (Å²) in [6.45, 7) is 3.23. The van der Waals surface area contributed by atoms with Crippen molar-refractivity contribution in [2.45, 2.75) is 31.2 Å². The number of amides is 1. The molecule has 1 aromatic carbocycles. The van der Waals surface area contributed by atoms with Gasteiger partial charge in [0.25, 0.3) is 10.0 Å². The van der Waals surface area contributed by atoms with Crippen LogP contribution in [0.3, 0.4) is 0 Å². The summed E-state index contributed by atoms with van der Waals surface area (Å²) in [6, 6.07) is 1.79. The zero-order chi connectivity index (χ0) is 18.1. The third kappa shape index (κ3) is 3.21. The van der Waals surface area contributed by atoms with Gasteiger partial charge in [-0.2, -0.15) is 0 Å². The van der Waals surface area contributed by atoms with Gasteiger partial charge in [-0.3, -0.25) is 13.9 Å². The number of aryl methyl sites for hydroxylation is 2. The van der Waals surface area contributed by atoms with Gasteiger partial charge >= 0.3 is 5.97 Å². The number of hydrogen-bond acceptors (Lipinski definition) is 5. The summed E-state index contributed by atoms with van der Waals surface area (Å²) in [6.07, 6.45) is 1.70. The molecule has 1 atom stereocenters. The maximum atomic E-state index is 13.0. The molecule has 1 aliphatic rings. The number of carboxylic acid groups (broad SMARTS) is 1. The summed E-state index contributed by atoms with van der Waals surface area (Å²) >= 11 is 0. The molecular formula is C15H18N2O6S. The Bertz CT molecular complexity index is 792. The van der Waals surface area contributed by atoms with E-state index in [1.165, 1.54) is 13.3 Å². The fourth-order valence-electron chi connectivity index (χ4n) is 2.64. The summed E-state index contributed by atoms with van der Waals surface area (Å²) in [7, 11) is -2.63. The summed E-state index contributed by atoms with van der Waals surface area (Å²) < 4.78 is 32.0. The highest BCUT2D eigenvalue weighted by atomic mass is 32.2. The van der Waals surface area contributed by atoms with E-state index in [2.05, 4.69) is 5.32 Å². The van der Waals surface area contributed by atoms with Gasteiger partial charge in [0.05, 0.1) is 18.4 Å². The molecule has 0 aromatic heterocycles. The second-order valence-corrected chi connectivity index (χ2v) is 7.14. The first-order valence-electron chi connectivity index (χ1n) is 7.06. The summed E-state index contributed by atoms with van der Waals surface area (Å²) in [5, 5.41) is 11.3. The number of aliphatic carboxylic acids is 1. The number of carbonyl (C=O) groups is 2. The first-order chi connectivity index (χ1) is 11.2. The van der Waals surface area contributed by atoms with Crippen LogP contribution in [-0.4, -0.2) is 42.9 Å². The summed E-state index contributed by atoms with van der Waals surface area (Å²) in [4.78, 5) is 23.0. The molecule has 9 heteroatoms. The quantitative estimate of drug-likeness (QED) is 0.807. The minimum Gasteiger partial charge on any atom is -0.497 e. The molecule has 0 bridgehead atoms. The zero-order valence-electron chi connectivity index (χ0n) is 13.4. The monoisotopic (exact) mass is 354 g/mol. The van der Waals surface area contributed by atoms with E-state index in [0.29, 0.717) is 16.9 Å². The predicted molar refractivity (Wildman–Crippen MR) is 84.8 cm³/mol. The highest BCUT2D eigenvalue weighted by Crippen LogP contribution is 2.30. The molecule has 0 radical (unpaired) electrons. The molecule has 1 aromatic rings. The van der Waals surface area contributed by atoms with Gasteiger partial charge in [-0.05, 0) is 37.1 Å². The van der Waals surface area contributed by atoms with Gasteiger partial charge in [0, 0.05) is 12.4 Å². The Balaban J connectivity index is 2.56. The number of rotatable bonds is 5. The molecule has 0 aliphatic carbocycles. The minimum atomic E-state index is -4.11. The second-order valence-electron chi connectivity index (χ2n) is 5.36. The molecular weight excluding hydrogens is 336 g/mol. The Hall–Kier alpha value is -2.55. The highest BCUT2D eigenvalue weighted by molar-refractivity contribution is 7.89. The first kappa shape index (κ1) is 17.8. The number of sulfonamides is 1. The SMILES string of the molecule is COc1cc(C)c(S(=O)(=O)N2C=CNC(=O)[C@H]2CC(=O)O)c(C)c1. The van der Waals surface area contributed by atoms with E-state index in [1.807, 2.05) is 0 Å². The molecule has 24 heavy (non-hydrogen) atoms. The molecule has 0 spiro atoms. The number of carboxylic acids is 1. The van der Waals surface area contributed by atoms with Crippen LogP contribution < -0.4 is 10.1 Å². The lowest BCUT2D eigenvalue weighted by Gasteiger charge is -2.31. The normalized spacial score (nSPS) is 17.5. The van der Waals surface area contributed by atoms with E-state index in [0.717, 1.165) is 10.5 Å². The second kappa shape index (κ2) is 6.52. The van der Waals surface area contributed by atoms with Crippen molar-refractivity contribution >= 4 is 21.9 Å². The van der Waals surface area contributed by atoms with E-state index in [4.69, 9.17) is 9.84 Å². The van der Waals surface area contributed by atoms with Crippen molar-refractivity contribution < 1.29 is 27.9 Å². The van der Waals surface area contributed by atoms with Gasteiger partial charge in [-0.15, -0.1) is 0 Å². The van der Waals surface area contributed by atoms with Crippen LogP contribution in [0.4, 0.5) is 0 Å². The molecule has 8 nitrogen and oxygen atoms in total. The summed E-state index contributed by atoms with van der Waals surface area (Å²) in [5.41, 5.74) is 0.889. The molecule has 1 amide bonds. The van der Waals surface area contributed by atoms with Crippen LogP contribution in [0.2, 0.25) is 0 Å². The van der Waals surface area contributed by atoms with E-state index in [1.54, 1.807) is 26.0 Å². The number of nitrogens with zero attached hydrogens (tertiary/aromatic N) is 1. The Morgan fingerprint density at radius 2 is 1.92 bits per heavy atom. The maximum absolute atomic E-state index is 13.0. The topological polar surface area (TPSA) is 113 Å². The Morgan fingerprint density at radius 1 is 1.33 bits per heavy atom. The van der Waals surface area contributed by atoms with Crippen molar-refractivity contribution in [1.82, 2.24) is 9.62 Å². The fraction of sp³-hybridized carbons (Fsp3) is 0.333.